The van der Waals surface area contributed by atoms with Crippen molar-refractivity contribution >= 4 is 15.9 Å². The maximum absolute atomic E-state index is 12.2. The van der Waals surface area contributed by atoms with E-state index < -0.39 is 10.0 Å². The van der Waals surface area contributed by atoms with Gasteiger partial charge >= 0.3 is 0 Å². The number of carbonyl (C=O) groups is 1. The molecule has 2 rings (SSSR count). The molecule has 2 N–H and O–H groups in total. The van der Waals surface area contributed by atoms with Crippen LogP contribution < -0.4 is 10.0 Å². The zero-order valence-corrected chi connectivity index (χ0v) is 15.3. The molecule has 0 unspecified atom stereocenters. The van der Waals surface area contributed by atoms with E-state index in [1.165, 1.54) is 0 Å². The van der Waals surface area contributed by atoms with Gasteiger partial charge in [-0.15, -0.1) is 0 Å². The lowest BCUT2D eigenvalue weighted by Crippen LogP contribution is -2.37. The van der Waals surface area contributed by atoms with Crippen LogP contribution in [0.25, 0.3) is 0 Å². The molecule has 0 saturated carbocycles. The molecule has 25 heavy (non-hydrogen) atoms. The molecule has 0 aliphatic heterocycles. The van der Waals surface area contributed by atoms with Gasteiger partial charge in [0, 0.05) is 6.54 Å². The van der Waals surface area contributed by atoms with Gasteiger partial charge in [0.25, 0.3) is 0 Å². The van der Waals surface area contributed by atoms with Crippen molar-refractivity contribution in [1.29, 1.82) is 0 Å². The van der Waals surface area contributed by atoms with E-state index in [1.54, 1.807) is 24.3 Å². The molecular weight excluding hydrogens is 336 g/mol. The molecule has 0 saturated heterocycles. The highest BCUT2D eigenvalue weighted by Crippen LogP contribution is 2.17. The second-order valence-corrected chi connectivity index (χ2v) is 7.90. The van der Waals surface area contributed by atoms with Crippen LogP contribution in [0.1, 0.15) is 30.9 Å². The Morgan fingerprint density at radius 1 is 1.00 bits per heavy atom. The predicted octanol–water partition coefficient (Wildman–Crippen LogP) is 2.45. The highest BCUT2D eigenvalue weighted by atomic mass is 32.2. The summed E-state index contributed by atoms with van der Waals surface area (Å²) in [5.41, 5.74) is 2.19. The van der Waals surface area contributed by atoms with Crippen LogP contribution in [0, 0.1) is 0 Å². The minimum Gasteiger partial charge on any atom is -0.355 e. The lowest BCUT2D eigenvalue weighted by Gasteiger charge is -2.09. The maximum Gasteiger partial charge on any atom is 0.241 e. The molecule has 0 aromatic heterocycles. The number of amides is 1. The van der Waals surface area contributed by atoms with E-state index in [0.29, 0.717) is 18.9 Å². The summed E-state index contributed by atoms with van der Waals surface area (Å²) in [6.45, 7) is 4.28. The quantitative estimate of drug-likeness (QED) is 0.759. The summed E-state index contributed by atoms with van der Waals surface area (Å²) in [6, 6.07) is 16.5. The van der Waals surface area contributed by atoms with Gasteiger partial charge in [0.05, 0.1) is 11.4 Å². The zero-order valence-electron chi connectivity index (χ0n) is 14.5. The van der Waals surface area contributed by atoms with Crippen LogP contribution >= 0.6 is 0 Å². The van der Waals surface area contributed by atoms with Crippen LogP contribution in [0.5, 0.6) is 0 Å². The van der Waals surface area contributed by atoms with E-state index in [1.807, 2.05) is 44.2 Å². The topological polar surface area (TPSA) is 75.3 Å². The van der Waals surface area contributed by atoms with Crippen molar-refractivity contribution < 1.29 is 13.2 Å². The van der Waals surface area contributed by atoms with Crippen molar-refractivity contribution in [3.05, 3.63) is 65.7 Å². The third kappa shape index (κ3) is 5.99. The fourth-order valence-corrected chi connectivity index (χ4v) is 3.31. The van der Waals surface area contributed by atoms with Gasteiger partial charge in [-0.1, -0.05) is 56.3 Å². The average Bonchev–Trinajstić information content (AvgIpc) is 2.61. The second-order valence-electron chi connectivity index (χ2n) is 6.13. The number of hydrogen-bond donors (Lipinski definition) is 2. The summed E-state index contributed by atoms with van der Waals surface area (Å²) in [7, 11) is -3.69. The van der Waals surface area contributed by atoms with Crippen LogP contribution in [-0.2, 0) is 21.2 Å². The van der Waals surface area contributed by atoms with E-state index in [9.17, 15) is 13.2 Å². The molecule has 0 bridgehead atoms. The number of rotatable bonds is 8. The van der Waals surface area contributed by atoms with Crippen molar-refractivity contribution in [2.45, 2.75) is 31.1 Å². The summed E-state index contributed by atoms with van der Waals surface area (Å²) in [5, 5.41) is 2.71. The second kappa shape index (κ2) is 8.78. The average molecular weight is 360 g/mol. The van der Waals surface area contributed by atoms with Crippen molar-refractivity contribution in [2.24, 2.45) is 0 Å². The number of benzene rings is 2. The Morgan fingerprint density at radius 3 is 2.24 bits per heavy atom. The van der Waals surface area contributed by atoms with Crippen molar-refractivity contribution in [3.63, 3.8) is 0 Å². The van der Waals surface area contributed by atoms with Crippen LogP contribution in [0.2, 0.25) is 0 Å². The third-order valence-corrected chi connectivity index (χ3v) is 5.28. The highest BCUT2D eigenvalue weighted by Gasteiger charge is 2.15. The third-order valence-electron chi connectivity index (χ3n) is 3.86. The maximum atomic E-state index is 12.2. The Labute approximate surface area is 149 Å². The number of nitrogens with one attached hydrogen (secondary N) is 2. The van der Waals surface area contributed by atoms with Crippen LogP contribution in [0.4, 0.5) is 0 Å². The zero-order chi connectivity index (χ0) is 18.3. The van der Waals surface area contributed by atoms with Gasteiger partial charge in [0.15, 0.2) is 0 Å². The first kappa shape index (κ1) is 19.1. The molecule has 0 aliphatic rings. The lowest BCUT2D eigenvalue weighted by atomic mass is 10.0. The highest BCUT2D eigenvalue weighted by molar-refractivity contribution is 7.89. The van der Waals surface area contributed by atoms with Gasteiger partial charge in [0.1, 0.15) is 0 Å². The largest absolute Gasteiger partial charge is 0.355 e. The Hall–Kier alpha value is -2.18. The summed E-state index contributed by atoms with van der Waals surface area (Å²) >= 11 is 0. The monoisotopic (exact) mass is 360 g/mol. The van der Waals surface area contributed by atoms with Crippen LogP contribution in [0.3, 0.4) is 0 Å². The molecule has 0 spiro atoms. The molecule has 134 valence electrons. The molecule has 6 heteroatoms. The minimum absolute atomic E-state index is 0.161. The first-order valence-corrected chi connectivity index (χ1v) is 9.77. The van der Waals surface area contributed by atoms with E-state index in [0.717, 1.165) is 11.1 Å². The molecule has 0 radical (unpaired) electrons. The standard InChI is InChI=1S/C19H24N2O3S/c1-15(2)17-8-10-18(11-9-17)25(23,24)21-14-19(22)20-13-12-16-6-4-3-5-7-16/h3-11,15,21H,12-14H2,1-2H3,(H,20,22). The molecule has 0 atom stereocenters. The molecule has 5 nitrogen and oxygen atoms in total. The number of sulfonamides is 1. The smallest absolute Gasteiger partial charge is 0.241 e. The molecule has 1 amide bonds. The summed E-state index contributed by atoms with van der Waals surface area (Å²) < 4.78 is 26.8. The van der Waals surface area contributed by atoms with Crippen molar-refractivity contribution in [3.8, 4) is 0 Å². The van der Waals surface area contributed by atoms with Gasteiger partial charge in [-0.25, -0.2) is 13.1 Å². The Bertz CT molecular complexity index is 785. The molecule has 2 aromatic rings. The Balaban J connectivity index is 1.81. The van der Waals surface area contributed by atoms with Gasteiger partial charge < -0.3 is 5.32 Å². The predicted molar refractivity (Wildman–Crippen MR) is 98.9 cm³/mol. The Morgan fingerprint density at radius 2 is 1.64 bits per heavy atom. The number of hydrogen-bond acceptors (Lipinski definition) is 3. The molecule has 0 aliphatic carbocycles. The summed E-state index contributed by atoms with van der Waals surface area (Å²) in [6.07, 6.45) is 0.704. The Kier molecular flexibility index (Phi) is 6.73. The van der Waals surface area contributed by atoms with Crippen LogP contribution in [0.15, 0.2) is 59.5 Å². The van der Waals surface area contributed by atoms with E-state index in [2.05, 4.69) is 10.0 Å². The van der Waals surface area contributed by atoms with Crippen molar-refractivity contribution in [1.82, 2.24) is 10.0 Å². The fourth-order valence-electron chi connectivity index (χ4n) is 2.33. The molecular formula is C19H24N2O3S. The van der Waals surface area contributed by atoms with E-state index >= 15 is 0 Å². The van der Waals surface area contributed by atoms with Gasteiger partial charge in [-0.3, -0.25) is 4.79 Å². The first-order chi connectivity index (χ1) is 11.9. The SMILES string of the molecule is CC(C)c1ccc(S(=O)(=O)NCC(=O)NCCc2ccccc2)cc1. The van der Waals surface area contributed by atoms with E-state index in [4.69, 9.17) is 0 Å². The fraction of sp³-hybridized carbons (Fsp3) is 0.316. The van der Waals surface area contributed by atoms with Gasteiger partial charge in [0.2, 0.25) is 15.9 Å². The minimum atomic E-state index is -3.69. The van der Waals surface area contributed by atoms with E-state index in [-0.39, 0.29) is 17.3 Å². The normalized spacial score (nSPS) is 11.5. The van der Waals surface area contributed by atoms with Crippen LogP contribution in [-0.4, -0.2) is 27.4 Å². The van der Waals surface area contributed by atoms with Crippen molar-refractivity contribution in [2.75, 3.05) is 13.1 Å². The molecule has 2 aromatic carbocycles. The summed E-state index contributed by atoms with van der Waals surface area (Å²) in [4.78, 5) is 12.0. The summed E-state index contributed by atoms with van der Waals surface area (Å²) in [5.74, 6) is -0.0154. The molecule has 0 heterocycles. The molecule has 0 fully saturated rings. The van der Waals surface area contributed by atoms with Gasteiger partial charge in [-0.05, 0) is 35.6 Å². The first-order valence-electron chi connectivity index (χ1n) is 8.29. The lowest BCUT2D eigenvalue weighted by molar-refractivity contribution is -0.119. The van der Waals surface area contributed by atoms with Gasteiger partial charge in [-0.2, -0.15) is 0 Å². The number of carbonyl (C=O) groups excluding carboxylic acids is 1.